The van der Waals surface area contributed by atoms with Crippen molar-refractivity contribution in [1.29, 1.82) is 0 Å². The minimum atomic E-state index is 0.829. The number of rotatable bonds is 2. The van der Waals surface area contributed by atoms with E-state index in [4.69, 9.17) is 5.73 Å². The molecular formula is C13H13N3S. The van der Waals surface area contributed by atoms with Crippen molar-refractivity contribution in [3.05, 3.63) is 35.7 Å². The lowest BCUT2D eigenvalue weighted by Crippen LogP contribution is -1.98. The number of aryl methyl sites for hydroxylation is 1. The third kappa shape index (κ3) is 1.52. The van der Waals surface area contributed by atoms with Crippen LogP contribution >= 0.6 is 11.3 Å². The van der Waals surface area contributed by atoms with Gasteiger partial charge in [-0.15, -0.1) is 11.3 Å². The van der Waals surface area contributed by atoms with E-state index in [1.807, 2.05) is 29.6 Å². The highest BCUT2D eigenvalue weighted by atomic mass is 32.1. The van der Waals surface area contributed by atoms with Crippen LogP contribution in [0.5, 0.6) is 0 Å². The van der Waals surface area contributed by atoms with Gasteiger partial charge < -0.3 is 10.3 Å². The number of para-hydroxylation sites is 2. The molecule has 2 N–H and O–H groups in total. The predicted octanol–water partition coefficient (Wildman–Crippen LogP) is 3.37. The van der Waals surface area contributed by atoms with Gasteiger partial charge in [0.2, 0.25) is 0 Å². The monoisotopic (exact) mass is 243 g/mol. The fraction of sp³-hybridized carbons (Fsp3) is 0.154. The molecule has 3 nitrogen and oxygen atoms in total. The lowest BCUT2D eigenvalue weighted by molar-refractivity contribution is 0.797. The lowest BCUT2D eigenvalue weighted by Gasteiger charge is -2.04. The Kier molecular flexibility index (Phi) is 2.37. The van der Waals surface area contributed by atoms with Crippen molar-refractivity contribution in [2.75, 3.05) is 5.73 Å². The Labute approximate surface area is 104 Å². The first-order valence-electron chi connectivity index (χ1n) is 5.60. The fourth-order valence-corrected chi connectivity index (χ4v) is 2.74. The second-order valence-electron chi connectivity index (χ2n) is 3.87. The Hall–Kier alpha value is -1.81. The van der Waals surface area contributed by atoms with E-state index in [2.05, 4.69) is 22.5 Å². The van der Waals surface area contributed by atoms with Gasteiger partial charge >= 0.3 is 0 Å². The number of benzene rings is 1. The summed E-state index contributed by atoms with van der Waals surface area (Å²) >= 11 is 1.55. The maximum absolute atomic E-state index is 5.98. The molecule has 0 unspecified atom stereocenters. The number of aromatic nitrogens is 2. The van der Waals surface area contributed by atoms with E-state index in [0.29, 0.717) is 0 Å². The number of fused-ring (bicyclic) bond motifs is 1. The van der Waals surface area contributed by atoms with E-state index < -0.39 is 0 Å². The minimum Gasteiger partial charge on any atom is -0.390 e. The Morgan fingerprint density at radius 2 is 2.12 bits per heavy atom. The zero-order chi connectivity index (χ0) is 11.8. The summed E-state index contributed by atoms with van der Waals surface area (Å²) in [7, 11) is 0. The van der Waals surface area contributed by atoms with Crippen molar-refractivity contribution >= 4 is 27.4 Å². The highest BCUT2D eigenvalue weighted by molar-refractivity contribution is 7.14. The summed E-state index contributed by atoms with van der Waals surface area (Å²) in [6.45, 7) is 3.02. The molecule has 2 aromatic heterocycles. The van der Waals surface area contributed by atoms with Gasteiger partial charge in [0.15, 0.2) is 0 Å². The molecule has 17 heavy (non-hydrogen) atoms. The molecule has 0 aliphatic carbocycles. The Balaban J connectivity index is 2.33. The normalized spacial score (nSPS) is 11.1. The number of thiophene rings is 1. The van der Waals surface area contributed by atoms with Crippen LogP contribution in [0.1, 0.15) is 6.92 Å². The van der Waals surface area contributed by atoms with Crippen LogP contribution < -0.4 is 5.73 Å². The Morgan fingerprint density at radius 3 is 2.82 bits per heavy atom. The second kappa shape index (κ2) is 3.89. The average molecular weight is 243 g/mol. The van der Waals surface area contributed by atoms with Crippen LogP contribution in [0.25, 0.3) is 22.4 Å². The first-order valence-corrected chi connectivity index (χ1v) is 6.48. The maximum Gasteiger partial charge on any atom is 0.144 e. The van der Waals surface area contributed by atoms with Crippen LogP contribution in [-0.2, 0) is 6.54 Å². The first-order chi connectivity index (χ1) is 8.31. The van der Waals surface area contributed by atoms with Crippen molar-refractivity contribution < 1.29 is 0 Å². The molecule has 0 saturated heterocycles. The van der Waals surface area contributed by atoms with Crippen molar-refractivity contribution in [2.45, 2.75) is 13.5 Å². The number of hydrogen-bond acceptors (Lipinski definition) is 3. The van der Waals surface area contributed by atoms with Crippen molar-refractivity contribution in [1.82, 2.24) is 9.55 Å². The van der Waals surface area contributed by atoms with Gasteiger partial charge in [0, 0.05) is 6.54 Å². The van der Waals surface area contributed by atoms with Crippen molar-refractivity contribution in [3.63, 3.8) is 0 Å². The molecule has 0 radical (unpaired) electrons. The van der Waals surface area contributed by atoms with Crippen LogP contribution in [0, 0.1) is 0 Å². The molecule has 0 aliphatic rings. The van der Waals surface area contributed by atoms with Gasteiger partial charge in [-0.3, -0.25) is 0 Å². The second-order valence-corrected chi connectivity index (χ2v) is 4.81. The maximum atomic E-state index is 5.98. The molecule has 1 aromatic carbocycles. The summed E-state index contributed by atoms with van der Waals surface area (Å²) in [5.74, 6) is 0.965. The van der Waals surface area contributed by atoms with E-state index in [-0.39, 0.29) is 0 Å². The predicted molar refractivity (Wildman–Crippen MR) is 73.1 cm³/mol. The van der Waals surface area contributed by atoms with Gasteiger partial charge in [-0.1, -0.05) is 12.1 Å². The summed E-state index contributed by atoms with van der Waals surface area (Å²) < 4.78 is 2.20. The first kappa shape index (κ1) is 10.4. The van der Waals surface area contributed by atoms with Crippen LogP contribution in [0.15, 0.2) is 35.7 Å². The molecule has 86 valence electrons. The number of nitrogens with two attached hydrogens (primary N) is 1. The molecule has 0 saturated carbocycles. The third-order valence-corrected chi connectivity index (χ3v) is 3.65. The molecular weight excluding hydrogens is 230 g/mol. The van der Waals surface area contributed by atoms with Gasteiger partial charge in [-0.05, 0) is 30.5 Å². The fourth-order valence-electron chi connectivity index (χ4n) is 2.11. The number of nitrogen functional groups attached to an aromatic ring is 1. The molecule has 4 heteroatoms. The molecule has 3 rings (SSSR count). The Bertz CT molecular complexity index is 666. The van der Waals surface area contributed by atoms with Crippen LogP contribution in [0.3, 0.4) is 0 Å². The van der Waals surface area contributed by atoms with Crippen LogP contribution in [0.2, 0.25) is 0 Å². The standard InChI is InChI=1S/C13H13N3S/c1-2-16-11-6-4-3-5-10(11)15-13(16)9-7-8-17-12(9)14/h3-8H,2,14H2,1H3. The van der Waals surface area contributed by atoms with E-state index >= 15 is 0 Å². The van der Waals surface area contributed by atoms with Crippen molar-refractivity contribution in [3.8, 4) is 11.4 Å². The number of hydrogen-bond donors (Lipinski definition) is 1. The highest BCUT2D eigenvalue weighted by Gasteiger charge is 2.13. The molecule has 0 bridgehead atoms. The zero-order valence-corrected chi connectivity index (χ0v) is 10.4. The SMILES string of the molecule is CCn1c(-c2ccsc2N)nc2ccccc21. The van der Waals surface area contributed by atoms with Gasteiger partial charge in [0.05, 0.1) is 21.6 Å². The largest absolute Gasteiger partial charge is 0.390 e. The van der Waals surface area contributed by atoms with E-state index in [1.54, 1.807) is 11.3 Å². The summed E-state index contributed by atoms with van der Waals surface area (Å²) in [5.41, 5.74) is 9.20. The molecule has 2 heterocycles. The smallest absolute Gasteiger partial charge is 0.144 e. The third-order valence-electron chi connectivity index (χ3n) is 2.91. The summed E-state index contributed by atoms with van der Waals surface area (Å²) in [6, 6.07) is 10.2. The van der Waals surface area contributed by atoms with E-state index in [9.17, 15) is 0 Å². The van der Waals surface area contributed by atoms with Crippen LogP contribution in [0.4, 0.5) is 5.00 Å². The Morgan fingerprint density at radius 1 is 1.29 bits per heavy atom. The quantitative estimate of drug-likeness (QED) is 0.750. The number of imidazole rings is 1. The topological polar surface area (TPSA) is 43.8 Å². The minimum absolute atomic E-state index is 0.829. The van der Waals surface area contributed by atoms with Gasteiger partial charge in [-0.25, -0.2) is 4.98 Å². The van der Waals surface area contributed by atoms with Crippen molar-refractivity contribution in [2.24, 2.45) is 0 Å². The molecule has 0 spiro atoms. The molecule has 0 fully saturated rings. The van der Waals surface area contributed by atoms with E-state index in [0.717, 1.165) is 34.0 Å². The molecule has 0 atom stereocenters. The summed E-state index contributed by atoms with van der Waals surface area (Å²) in [4.78, 5) is 4.68. The number of nitrogens with zero attached hydrogens (tertiary/aromatic N) is 2. The van der Waals surface area contributed by atoms with Gasteiger partial charge in [0.25, 0.3) is 0 Å². The van der Waals surface area contributed by atoms with Gasteiger partial charge in [0.1, 0.15) is 5.82 Å². The molecule has 3 aromatic rings. The summed E-state index contributed by atoms with van der Waals surface area (Å²) in [5, 5.41) is 2.83. The number of anilines is 1. The highest BCUT2D eigenvalue weighted by Crippen LogP contribution is 2.32. The molecule has 0 amide bonds. The van der Waals surface area contributed by atoms with E-state index in [1.165, 1.54) is 0 Å². The zero-order valence-electron chi connectivity index (χ0n) is 9.55. The lowest BCUT2D eigenvalue weighted by atomic mass is 10.3. The molecule has 0 aliphatic heterocycles. The van der Waals surface area contributed by atoms with Gasteiger partial charge in [-0.2, -0.15) is 0 Å². The average Bonchev–Trinajstić information content (AvgIpc) is 2.91. The summed E-state index contributed by atoms with van der Waals surface area (Å²) in [6.07, 6.45) is 0. The van der Waals surface area contributed by atoms with Crippen LogP contribution in [-0.4, -0.2) is 9.55 Å².